The summed E-state index contributed by atoms with van der Waals surface area (Å²) < 4.78 is 1.32. The van der Waals surface area contributed by atoms with Gasteiger partial charge in [0, 0.05) is 0 Å². The Kier molecular flexibility index (Phi) is 2.16. The molecule has 2 N–H and O–H groups in total. The molecule has 2 aromatic heterocycles. The number of benzene rings is 1. The van der Waals surface area contributed by atoms with Gasteiger partial charge >= 0.3 is 5.69 Å². The van der Waals surface area contributed by atoms with Crippen molar-refractivity contribution in [3.8, 4) is 5.69 Å². The third-order valence-corrected chi connectivity index (χ3v) is 2.77. The second-order valence-corrected chi connectivity index (χ2v) is 4.03. The molecule has 0 radical (unpaired) electrons. The Morgan fingerprint density at radius 3 is 2.61 bits per heavy atom. The lowest BCUT2D eigenvalue weighted by Gasteiger charge is -2.02. The number of hydrogen-bond acceptors (Lipinski definition) is 3. The number of rotatable bonds is 1. The van der Waals surface area contributed by atoms with Crippen LogP contribution in [0.25, 0.3) is 16.9 Å². The first-order valence-electron chi connectivity index (χ1n) is 5.42. The second-order valence-electron chi connectivity index (χ2n) is 4.03. The largest absolute Gasteiger partial charge is 0.332 e. The van der Waals surface area contributed by atoms with Gasteiger partial charge in [-0.2, -0.15) is 0 Å². The van der Waals surface area contributed by atoms with Crippen LogP contribution in [0.2, 0.25) is 0 Å². The lowest BCUT2D eigenvalue weighted by atomic mass is 10.2. The Morgan fingerprint density at radius 1 is 1.17 bits per heavy atom. The first-order chi connectivity index (χ1) is 8.66. The fourth-order valence-electron chi connectivity index (χ4n) is 1.89. The van der Waals surface area contributed by atoms with E-state index in [4.69, 9.17) is 0 Å². The maximum atomic E-state index is 11.9. The molecule has 3 rings (SSSR count). The van der Waals surface area contributed by atoms with Crippen LogP contribution in [0, 0.1) is 6.92 Å². The van der Waals surface area contributed by atoms with Crippen LogP contribution in [-0.2, 0) is 0 Å². The van der Waals surface area contributed by atoms with Gasteiger partial charge in [0.1, 0.15) is 0 Å². The van der Waals surface area contributed by atoms with E-state index in [-0.39, 0.29) is 22.4 Å². The number of nitrogens with zero attached hydrogens (tertiary/aromatic N) is 2. The lowest BCUT2D eigenvalue weighted by Crippen LogP contribution is -2.18. The molecule has 0 aliphatic heterocycles. The summed E-state index contributed by atoms with van der Waals surface area (Å²) in [7, 11) is 0. The average molecular weight is 242 g/mol. The minimum Gasteiger partial charge on any atom is -0.311 e. The summed E-state index contributed by atoms with van der Waals surface area (Å²) in [5.74, 6) is 0. The minimum absolute atomic E-state index is 0.228. The van der Waals surface area contributed by atoms with Gasteiger partial charge < -0.3 is 4.98 Å². The predicted octanol–water partition coefficient (Wildman–Crippen LogP) is 0.711. The van der Waals surface area contributed by atoms with E-state index in [1.807, 2.05) is 19.1 Å². The smallest absolute Gasteiger partial charge is 0.311 e. The van der Waals surface area contributed by atoms with Crippen molar-refractivity contribution in [1.82, 2.24) is 19.5 Å². The van der Waals surface area contributed by atoms with Crippen LogP contribution >= 0.6 is 0 Å². The summed E-state index contributed by atoms with van der Waals surface area (Å²) in [5.41, 5.74) is 1.50. The molecule has 6 nitrogen and oxygen atoms in total. The Hall–Kier alpha value is -2.63. The summed E-state index contributed by atoms with van der Waals surface area (Å²) in [4.78, 5) is 32.6. The molecule has 0 saturated heterocycles. The molecule has 2 heterocycles. The maximum absolute atomic E-state index is 11.9. The fraction of sp³-hybridized carbons (Fsp3) is 0.0833. The molecule has 1 aromatic carbocycles. The zero-order valence-corrected chi connectivity index (χ0v) is 9.60. The Bertz CT molecular complexity index is 824. The van der Waals surface area contributed by atoms with Crippen molar-refractivity contribution in [2.24, 2.45) is 0 Å². The van der Waals surface area contributed by atoms with Crippen LogP contribution in [0.15, 0.2) is 40.2 Å². The highest BCUT2D eigenvalue weighted by molar-refractivity contribution is 5.71. The van der Waals surface area contributed by atoms with E-state index in [1.165, 1.54) is 10.9 Å². The monoisotopic (exact) mass is 242 g/mol. The molecule has 18 heavy (non-hydrogen) atoms. The predicted molar refractivity (Wildman–Crippen MR) is 67.0 cm³/mol. The quantitative estimate of drug-likeness (QED) is 0.659. The summed E-state index contributed by atoms with van der Waals surface area (Å²) in [6.45, 7) is 1.95. The van der Waals surface area contributed by atoms with Crippen molar-refractivity contribution in [1.29, 1.82) is 0 Å². The van der Waals surface area contributed by atoms with Crippen LogP contribution in [0.5, 0.6) is 0 Å². The van der Waals surface area contributed by atoms with Gasteiger partial charge in [0.25, 0.3) is 5.56 Å². The SMILES string of the molecule is Cc1ccc(-n2c(=O)[nH]c3nc[nH]c(=O)c32)cc1. The average Bonchev–Trinajstić information content (AvgIpc) is 2.68. The van der Waals surface area contributed by atoms with E-state index in [0.29, 0.717) is 5.69 Å². The van der Waals surface area contributed by atoms with Crippen molar-refractivity contribution in [2.75, 3.05) is 0 Å². The van der Waals surface area contributed by atoms with Gasteiger partial charge in [-0.3, -0.25) is 14.3 Å². The highest BCUT2D eigenvalue weighted by Gasteiger charge is 2.12. The van der Waals surface area contributed by atoms with Gasteiger partial charge in [-0.25, -0.2) is 9.78 Å². The minimum atomic E-state index is -0.377. The lowest BCUT2D eigenvalue weighted by molar-refractivity contribution is 1.01. The van der Waals surface area contributed by atoms with E-state index in [0.717, 1.165) is 5.56 Å². The Morgan fingerprint density at radius 2 is 1.89 bits per heavy atom. The summed E-state index contributed by atoms with van der Waals surface area (Å²) in [6, 6.07) is 7.34. The first kappa shape index (κ1) is 10.5. The van der Waals surface area contributed by atoms with Crippen LogP contribution in [-0.4, -0.2) is 19.5 Å². The molecule has 0 fully saturated rings. The number of imidazole rings is 1. The van der Waals surface area contributed by atoms with E-state index >= 15 is 0 Å². The molecule has 90 valence electrons. The second kappa shape index (κ2) is 3.69. The highest BCUT2D eigenvalue weighted by Crippen LogP contribution is 2.11. The van der Waals surface area contributed by atoms with Crippen molar-refractivity contribution in [2.45, 2.75) is 6.92 Å². The number of aromatic nitrogens is 4. The molecule has 3 aromatic rings. The number of aryl methyl sites for hydroxylation is 1. The molecule has 0 unspecified atom stereocenters. The summed E-state index contributed by atoms with van der Waals surface area (Å²) in [5, 5.41) is 0. The van der Waals surface area contributed by atoms with Crippen molar-refractivity contribution in [3.05, 3.63) is 57.0 Å². The molecule has 0 amide bonds. The van der Waals surface area contributed by atoms with Gasteiger partial charge in [-0.05, 0) is 19.1 Å². The number of hydrogen-bond donors (Lipinski definition) is 2. The number of aromatic amines is 2. The molecule has 0 spiro atoms. The van der Waals surface area contributed by atoms with E-state index in [9.17, 15) is 9.59 Å². The van der Waals surface area contributed by atoms with Crippen LogP contribution in [0.4, 0.5) is 0 Å². The van der Waals surface area contributed by atoms with E-state index in [1.54, 1.807) is 12.1 Å². The van der Waals surface area contributed by atoms with Gasteiger partial charge in [-0.15, -0.1) is 0 Å². The highest BCUT2D eigenvalue weighted by atomic mass is 16.2. The van der Waals surface area contributed by atoms with Crippen LogP contribution < -0.4 is 11.2 Å². The van der Waals surface area contributed by atoms with Gasteiger partial charge in [0.05, 0.1) is 12.0 Å². The summed E-state index contributed by atoms with van der Waals surface area (Å²) in [6.07, 6.45) is 1.26. The summed E-state index contributed by atoms with van der Waals surface area (Å²) >= 11 is 0. The molecule has 6 heteroatoms. The van der Waals surface area contributed by atoms with Crippen molar-refractivity contribution >= 4 is 11.2 Å². The Labute approximate surface area is 101 Å². The number of fused-ring (bicyclic) bond motifs is 1. The molecular weight excluding hydrogens is 232 g/mol. The van der Waals surface area contributed by atoms with Crippen LogP contribution in [0.1, 0.15) is 5.56 Å². The molecule has 0 atom stereocenters. The van der Waals surface area contributed by atoms with Gasteiger partial charge in [-0.1, -0.05) is 17.7 Å². The van der Waals surface area contributed by atoms with Crippen LogP contribution in [0.3, 0.4) is 0 Å². The van der Waals surface area contributed by atoms with Crippen molar-refractivity contribution in [3.63, 3.8) is 0 Å². The van der Waals surface area contributed by atoms with Gasteiger partial charge in [0.2, 0.25) is 0 Å². The maximum Gasteiger partial charge on any atom is 0.332 e. The molecule has 0 aliphatic carbocycles. The third-order valence-electron chi connectivity index (χ3n) is 2.77. The van der Waals surface area contributed by atoms with E-state index < -0.39 is 0 Å². The van der Waals surface area contributed by atoms with Gasteiger partial charge in [0.15, 0.2) is 11.2 Å². The standard InChI is InChI=1S/C12H10N4O2/c1-7-2-4-8(5-3-7)16-9-10(15-12(16)18)13-6-14-11(9)17/h2-6H,1H3,(H2,13,14,15,17,18). The topological polar surface area (TPSA) is 83.5 Å². The normalized spacial score (nSPS) is 10.9. The first-order valence-corrected chi connectivity index (χ1v) is 5.42. The number of H-pyrrole nitrogens is 2. The molecule has 0 aliphatic rings. The Balaban J connectivity index is 2.42. The molecule has 0 saturated carbocycles. The third kappa shape index (κ3) is 1.46. The fourth-order valence-corrected chi connectivity index (χ4v) is 1.89. The molecule has 0 bridgehead atoms. The van der Waals surface area contributed by atoms with Crippen molar-refractivity contribution < 1.29 is 0 Å². The van der Waals surface area contributed by atoms with E-state index in [2.05, 4.69) is 15.0 Å². The molecular formula is C12H10N4O2. The zero-order valence-electron chi connectivity index (χ0n) is 9.60. The zero-order chi connectivity index (χ0) is 12.7. The number of nitrogens with one attached hydrogen (secondary N) is 2.